The van der Waals surface area contributed by atoms with Crippen molar-refractivity contribution in [2.75, 3.05) is 6.61 Å². The fraction of sp³-hybridized carbons (Fsp3) is 0.286. The van der Waals surface area contributed by atoms with E-state index in [-0.39, 0.29) is 12.5 Å². The van der Waals surface area contributed by atoms with E-state index in [1.807, 2.05) is 47.8 Å². The SMILES string of the molecule is CC(C)c1ccc(OCC(=O)N(Cc2ccoc2)Cc2cccs2)cc1. The average molecular weight is 369 g/mol. The Morgan fingerprint density at radius 1 is 1.15 bits per heavy atom. The molecule has 0 saturated carbocycles. The molecule has 0 bridgehead atoms. The van der Waals surface area contributed by atoms with Gasteiger partial charge in [-0.15, -0.1) is 11.3 Å². The summed E-state index contributed by atoms with van der Waals surface area (Å²) < 4.78 is 10.8. The molecule has 0 aliphatic heterocycles. The molecule has 3 aromatic rings. The van der Waals surface area contributed by atoms with E-state index in [4.69, 9.17) is 9.15 Å². The maximum Gasteiger partial charge on any atom is 0.261 e. The number of benzene rings is 1. The molecule has 26 heavy (non-hydrogen) atoms. The van der Waals surface area contributed by atoms with Gasteiger partial charge in [-0.05, 0) is 41.1 Å². The van der Waals surface area contributed by atoms with Crippen LogP contribution in [0.5, 0.6) is 5.75 Å². The molecule has 1 aromatic carbocycles. The Hall–Kier alpha value is -2.53. The zero-order valence-electron chi connectivity index (χ0n) is 15.1. The molecule has 4 nitrogen and oxygen atoms in total. The highest BCUT2D eigenvalue weighted by Crippen LogP contribution is 2.19. The molecule has 0 aliphatic carbocycles. The highest BCUT2D eigenvalue weighted by Gasteiger charge is 2.16. The number of carbonyl (C=O) groups is 1. The lowest BCUT2D eigenvalue weighted by atomic mass is 10.0. The average Bonchev–Trinajstić information content (AvgIpc) is 3.33. The van der Waals surface area contributed by atoms with Crippen LogP contribution in [0, 0.1) is 0 Å². The molecule has 0 N–H and O–H groups in total. The number of ether oxygens (including phenoxy) is 1. The van der Waals surface area contributed by atoms with Crippen LogP contribution in [0.2, 0.25) is 0 Å². The second-order valence-corrected chi connectivity index (χ2v) is 7.51. The molecular formula is C21H23NO3S. The fourth-order valence-corrected chi connectivity index (χ4v) is 3.33. The summed E-state index contributed by atoms with van der Waals surface area (Å²) in [5.41, 5.74) is 2.22. The first-order valence-electron chi connectivity index (χ1n) is 8.66. The first kappa shape index (κ1) is 18.3. The van der Waals surface area contributed by atoms with Crippen LogP contribution < -0.4 is 4.74 Å². The summed E-state index contributed by atoms with van der Waals surface area (Å²) >= 11 is 1.64. The monoisotopic (exact) mass is 369 g/mol. The molecule has 3 rings (SSSR count). The van der Waals surface area contributed by atoms with Crippen LogP contribution in [0.15, 0.2) is 64.8 Å². The van der Waals surface area contributed by atoms with E-state index in [2.05, 4.69) is 13.8 Å². The van der Waals surface area contributed by atoms with Crippen molar-refractivity contribution in [2.24, 2.45) is 0 Å². The van der Waals surface area contributed by atoms with Gasteiger partial charge in [-0.1, -0.05) is 32.0 Å². The van der Waals surface area contributed by atoms with Crippen LogP contribution in [0.25, 0.3) is 0 Å². The van der Waals surface area contributed by atoms with Gasteiger partial charge < -0.3 is 14.1 Å². The van der Waals surface area contributed by atoms with Crippen molar-refractivity contribution in [2.45, 2.75) is 32.9 Å². The van der Waals surface area contributed by atoms with Crippen molar-refractivity contribution in [3.05, 3.63) is 76.4 Å². The number of amides is 1. The molecule has 0 fully saturated rings. The number of furan rings is 1. The summed E-state index contributed by atoms with van der Waals surface area (Å²) in [6.45, 7) is 5.39. The maximum absolute atomic E-state index is 12.7. The second-order valence-electron chi connectivity index (χ2n) is 6.47. The Kier molecular flexibility index (Phi) is 6.12. The molecule has 0 saturated heterocycles. The standard InChI is InChI=1S/C21H23NO3S/c1-16(2)18-5-7-19(8-6-18)25-15-21(23)22(12-17-9-10-24-14-17)13-20-4-3-11-26-20/h3-11,14,16H,12-13,15H2,1-2H3. The van der Waals surface area contributed by atoms with Crippen LogP contribution in [0.3, 0.4) is 0 Å². The minimum atomic E-state index is -0.0486. The molecule has 2 aromatic heterocycles. The zero-order chi connectivity index (χ0) is 18.4. The van der Waals surface area contributed by atoms with Gasteiger partial charge in [0.2, 0.25) is 0 Å². The Balaban J connectivity index is 1.62. The Morgan fingerprint density at radius 2 is 1.96 bits per heavy atom. The lowest BCUT2D eigenvalue weighted by molar-refractivity contribution is -0.134. The van der Waals surface area contributed by atoms with E-state index < -0.39 is 0 Å². The normalized spacial score (nSPS) is 10.9. The quantitative estimate of drug-likeness (QED) is 0.556. The molecule has 0 aliphatic rings. The van der Waals surface area contributed by atoms with E-state index >= 15 is 0 Å². The number of carbonyl (C=O) groups excluding carboxylic acids is 1. The largest absolute Gasteiger partial charge is 0.484 e. The molecule has 136 valence electrons. The minimum absolute atomic E-state index is 0.0181. The summed E-state index contributed by atoms with van der Waals surface area (Å²) in [4.78, 5) is 15.7. The predicted molar refractivity (Wildman–Crippen MR) is 103 cm³/mol. The number of hydrogen-bond donors (Lipinski definition) is 0. The summed E-state index contributed by atoms with van der Waals surface area (Å²) in [5, 5.41) is 2.02. The topological polar surface area (TPSA) is 42.7 Å². The van der Waals surface area contributed by atoms with Crippen molar-refractivity contribution in [3.63, 3.8) is 0 Å². The Bertz CT molecular complexity index is 756. The molecule has 0 atom stereocenters. The van der Waals surface area contributed by atoms with Crippen LogP contribution >= 0.6 is 11.3 Å². The van der Waals surface area contributed by atoms with E-state index in [9.17, 15) is 4.79 Å². The van der Waals surface area contributed by atoms with Gasteiger partial charge in [-0.2, -0.15) is 0 Å². The molecule has 5 heteroatoms. The second kappa shape index (κ2) is 8.72. The smallest absolute Gasteiger partial charge is 0.261 e. The Labute approximate surface area is 158 Å². The number of nitrogens with zero attached hydrogens (tertiary/aromatic N) is 1. The summed E-state index contributed by atoms with van der Waals surface area (Å²) in [5.74, 6) is 1.14. The fourth-order valence-electron chi connectivity index (χ4n) is 2.61. The van der Waals surface area contributed by atoms with Crippen molar-refractivity contribution in [1.29, 1.82) is 0 Å². The number of thiophene rings is 1. The van der Waals surface area contributed by atoms with Gasteiger partial charge in [-0.25, -0.2) is 0 Å². The highest BCUT2D eigenvalue weighted by molar-refractivity contribution is 7.09. The molecule has 0 spiro atoms. The van der Waals surface area contributed by atoms with Gasteiger partial charge in [0.05, 0.1) is 19.1 Å². The van der Waals surface area contributed by atoms with Gasteiger partial charge in [0.15, 0.2) is 6.61 Å². The molecule has 1 amide bonds. The lowest BCUT2D eigenvalue weighted by Crippen LogP contribution is -2.33. The van der Waals surface area contributed by atoms with E-state index in [0.29, 0.717) is 24.8 Å². The zero-order valence-corrected chi connectivity index (χ0v) is 15.9. The first-order chi connectivity index (χ1) is 12.6. The Morgan fingerprint density at radius 3 is 2.58 bits per heavy atom. The molecule has 2 heterocycles. The van der Waals surface area contributed by atoms with Gasteiger partial charge >= 0.3 is 0 Å². The first-order valence-corrected chi connectivity index (χ1v) is 9.54. The molecule has 0 radical (unpaired) electrons. The lowest BCUT2D eigenvalue weighted by Gasteiger charge is -2.21. The van der Waals surface area contributed by atoms with Gasteiger partial charge in [0.1, 0.15) is 5.75 Å². The third kappa shape index (κ3) is 4.99. The van der Waals surface area contributed by atoms with E-state index in [0.717, 1.165) is 10.4 Å². The van der Waals surface area contributed by atoms with Gasteiger partial charge in [0.25, 0.3) is 5.91 Å². The molecular weight excluding hydrogens is 346 g/mol. The van der Waals surface area contributed by atoms with Crippen LogP contribution in [0.4, 0.5) is 0 Å². The third-order valence-electron chi connectivity index (χ3n) is 4.14. The summed E-state index contributed by atoms with van der Waals surface area (Å²) in [6, 6.07) is 13.8. The van der Waals surface area contributed by atoms with Crippen molar-refractivity contribution in [3.8, 4) is 5.75 Å². The van der Waals surface area contributed by atoms with Gasteiger partial charge in [0, 0.05) is 17.0 Å². The molecule has 0 unspecified atom stereocenters. The van der Waals surface area contributed by atoms with E-state index in [1.165, 1.54) is 5.56 Å². The van der Waals surface area contributed by atoms with Crippen molar-refractivity contribution >= 4 is 17.2 Å². The van der Waals surface area contributed by atoms with Crippen LogP contribution in [-0.4, -0.2) is 17.4 Å². The van der Waals surface area contributed by atoms with Crippen LogP contribution in [-0.2, 0) is 17.9 Å². The van der Waals surface area contributed by atoms with Crippen LogP contribution in [0.1, 0.15) is 35.8 Å². The highest BCUT2D eigenvalue weighted by atomic mass is 32.1. The van der Waals surface area contributed by atoms with Crippen molar-refractivity contribution < 1.29 is 13.9 Å². The third-order valence-corrected chi connectivity index (χ3v) is 5.00. The number of hydrogen-bond acceptors (Lipinski definition) is 4. The predicted octanol–water partition coefficient (Wildman–Crippen LogP) is 5.07. The maximum atomic E-state index is 12.7. The van der Waals surface area contributed by atoms with E-state index in [1.54, 1.807) is 28.8 Å². The van der Waals surface area contributed by atoms with Crippen molar-refractivity contribution in [1.82, 2.24) is 4.90 Å². The summed E-state index contributed by atoms with van der Waals surface area (Å²) in [6.07, 6.45) is 3.29. The number of rotatable bonds is 8. The van der Waals surface area contributed by atoms with Gasteiger partial charge in [-0.3, -0.25) is 4.79 Å². The summed E-state index contributed by atoms with van der Waals surface area (Å²) in [7, 11) is 0. The minimum Gasteiger partial charge on any atom is -0.484 e.